The minimum atomic E-state index is -0.343. The first-order valence-corrected chi connectivity index (χ1v) is 8.53. The van der Waals surface area contributed by atoms with Crippen LogP contribution in [0.5, 0.6) is 0 Å². The van der Waals surface area contributed by atoms with Gasteiger partial charge in [0.25, 0.3) is 0 Å². The molecule has 0 radical (unpaired) electrons. The number of nitrogens with zero attached hydrogens (tertiary/aromatic N) is 1. The SMILES string of the molecule is CCC(C)C(=O)N1CCC(NC(=O)Nc2ccc(C)c(F)c2)CC1. The fraction of sp³-hybridized carbons (Fsp3) is 0.556. The number of nitrogens with one attached hydrogen (secondary N) is 2. The highest BCUT2D eigenvalue weighted by Gasteiger charge is 2.26. The second kappa shape index (κ2) is 8.13. The van der Waals surface area contributed by atoms with Crippen LogP contribution in [0.2, 0.25) is 0 Å². The lowest BCUT2D eigenvalue weighted by atomic mass is 10.0. The average molecular weight is 335 g/mol. The number of piperidine rings is 1. The van der Waals surface area contributed by atoms with Gasteiger partial charge in [-0.25, -0.2) is 9.18 Å². The number of likely N-dealkylation sites (tertiary alicyclic amines) is 1. The topological polar surface area (TPSA) is 61.4 Å². The van der Waals surface area contributed by atoms with Gasteiger partial charge in [-0.2, -0.15) is 0 Å². The summed E-state index contributed by atoms with van der Waals surface area (Å²) in [5, 5.41) is 5.54. The summed E-state index contributed by atoms with van der Waals surface area (Å²) in [6, 6.07) is 4.30. The van der Waals surface area contributed by atoms with E-state index in [1.54, 1.807) is 19.1 Å². The van der Waals surface area contributed by atoms with Crippen molar-refractivity contribution in [3.63, 3.8) is 0 Å². The average Bonchev–Trinajstić information content (AvgIpc) is 2.57. The first kappa shape index (κ1) is 18.2. The van der Waals surface area contributed by atoms with Crippen molar-refractivity contribution >= 4 is 17.6 Å². The Morgan fingerprint density at radius 3 is 2.58 bits per heavy atom. The molecular weight excluding hydrogens is 309 g/mol. The van der Waals surface area contributed by atoms with E-state index in [0.29, 0.717) is 24.3 Å². The molecule has 2 N–H and O–H groups in total. The first-order valence-electron chi connectivity index (χ1n) is 8.53. The Labute approximate surface area is 142 Å². The molecule has 1 aliphatic heterocycles. The van der Waals surface area contributed by atoms with Gasteiger partial charge < -0.3 is 15.5 Å². The van der Waals surface area contributed by atoms with Gasteiger partial charge in [0.2, 0.25) is 5.91 Å². The highest BCUT2D eigenvalue weighted by Crippen LogP contribution is 2.16. The maximum atomic E-state index is 13.5. The molecule has 6 heteroatoms. The summed E-state index contributed by atoms with van der Waals surface area (Å²) in [5.74, 6) is -0.102. The van der Waals surface area contributed by atoms with Crippen LogP contribution in [0.25, 0.3) is 0 Å². The number of amides is 3. The number of urea groups is 1. The molecular formula is C18H26FN3O2. The van der Waals surface area contributed by atoms with Gasteiger partial charge in [0, 0.05) is 30.7 Å². The molecule has 5 nitrogen and oxygen atoms in total. The van der Waals surface area contributed by atoms with Crippen molar-refractivity contribution in [2.24, 2.45) is 5.92 Å². The molecule has 2 rings (SSSR count). The zero-order valence-electron chi connectivity index (χ0n) is 14.6. The van der Waals surface area contributed by atoms with Gasteiger partial charge in [-0.05, 0) is 43.9 Å². The maximum absolute atomic E-state index is 13.5. The highest BCUT2D eigenvalue weighted by atomic mass is 19.1. The molecule has 24 heavy (non-hydrogen) atoms. The third kappa shape index (κ3) is 4.69. The van der Waals surface area contributed by atoms with Crippen LogP contribution in [0, 0.1) is 18.7 Å². The maximum Gasteiger partial charge on any atom is 0.319 e. The molecule has 1 heterocycles. The van der Waals surface area contributed by atoms with Crippen molar-refractivity contribution < 1.29 is 14.0 Å². The van der Waals surface area contributed by atoms with E-state index >= 15 is 0 Å². The second-order valence-electron chi connectivity index (χ2n) is 6.47. The van der Waals surface area contributed by atoms with Crippen LogP contribution in [0.15, 0.2) is 18.2 Å². The fourth-order valence-electron chi connectivity index (χ4n) is 2.75. The standard InChI is InChI=1S/C18H26FN3O2/c1-4-12(2)17(23)22-9-7-14(8-10-22)20-18(24)21-15-6-5-13(3)16(19)11-15/h5-6,11-12,14H,4,7-10H2,1-3H3,(H2,20,21,24). The van der Waals surface area contributed by atoms with E-state index in [4.69, 9.17) is 0 Å². The van der Waals surface area contributed by atoms with Crippen molar-refractivity contribution in [1.29, 1.82) is 0 Å². The van der Waals surface area contributed by atoms with Crippen molar-refractivity contribution in [3.8, 4) is 0 Å². The van der Waals surface area contributed by atoms with E-state index in [9.17, 15) is 14.0 Å². The van der Waals surface area contributed by atoms with Gasteiger partial charge in [0.1, 0.15) is 5.82 Å². The van der Waals surface area contributed by atoms with Crippen LogP contribution >= 0.6 is 0 Å². The van der Waals surface area contributed by atoms with Crippen LogP contribution in [-0.2, 0) is 4.79 Å². The predicted molar refractivity (Wildman–Crippen MR) is 92.3 cm³/mol. The lowest BCUT2D eigenvalue weighted by Crippen LogP contribution is -2.48. The molecule has 3 amide bonds. The molecule has 1 fully saturated rings. The molecule has 0 aliphatic carbocycles. The molecule has 0 aromatic heterocycles. The molecule has 1 aliphatic rings. The summed E-state index contributed by atoms with van der Waals surface area (Å²) in [5.41, 5.74) is 0.972. The van der Waals surface area contributed by atoms with Crippen LogP contribution in [0.4, 0.5) is 14.9 Å². The normalized spacial score (nSPS) is 16.6. The predicted octanol–water partition coefficient (Wildman–Crippen LogP) is 3.29. The van der Waals surface area contributed by atoms with Gasteiger partial charge in [-0.15, -0.1) is 0 Å². The van der Waals surface area contributed by atoms with E-state index in [1.807, 2.05) is 18.7 Å². The smallest absolute Gasteiger partial charge is 0.319 e. The quantitative estimate of drug-likeness (QED) is 0.887. The molecule has 1 aromatic rings. The lowest BCUT2D eigenvalue weighted by Gasteiger charge is -2.33. The number of benzene rings is 1. The number of rotatable bonds is 4. The Kier molecular flexibility index (Phi) is 6.17. The zero-order chi connectivity index (χ0) is 17.7. The van der Waals surface area contributed by atoms with Crippen molar-refractivity contribution in [2.45, 2.75) is 46.1 Å². The largest absolute Gasteiger partial charge is 0.342 e. The number of hydrogen-bond acceptors (Lipinski definition) is 2. The second-order valence-corrected chi connectivity index (χ2v) is 6.47. The third-order valence-electron chi connectivity index (χ3n) is 4.61. The highest BCUT2D eigenvalue weighted by molar-refractivity contribution is 5.89. The summed E-state index contributed by atoms with van der Waals surface area (Å²) in [4.78, 5) is 26.0. The molecule has 0 saturated carbocycles. The minimum absolute atomic E-state index is 0.0290. The summed E-state index contributed by atoms with van der Waals surface area (Å²) >= 11 is 0. The van der Waals surface area contributed by atoms with Crippen LogP contribution in [0.3, 0.4) is 0 Å². The minimum Gasteiger partial charge on any atom is -0.342 e. The molecule has 1 saturated heterocycles. The zero-order valence-corrected chi connectivity index (χ0v) is 14.6. The molecule has 1 atom stereocenters. The van der Waals surface area contributed by atoms with E-state index < -0.39 is 0 Å². The van der Waals surface area contributed by atoms with Crippen LogP contribution in [0.1, 0.15) is 38.7 Å². The third-order valence-corrected chi connectivity index (χ3v) is 4.61. The molecule has 1 aromatic carbocycles. The number of aryl methyl sites for hydroxylation is 1. The molecule has 132 valence electrons. The van der Waals surface area contributed by atoms with Gasteiger partial charge in [-0.1, -0.05) is 19.9 Å². The summed E-state index contributed by atoms with van der Waals surface area (Å²) in [7, 11) is 0. The van der Waals surface area contributed by atoms with E-state index in [0.717, 1.165) is 19.3 Å². The number of halogens is 1. The fourth-order valence-corrected chi connectivity index (χ4v) is 2.75. The van der Waals surface area contributed by atoms with E-state index in [2.05, 4.69) is 10.6 Å². The van der Waals surface area contributed by atoms with Crippen molar-refractivity contribution in [3.05, 3.63) is 29.6 Å². The van der Waals surface area contributed by atoms with E-state index in [1.165, 1.54) is 6.07 Å². The van der Waals surface area contributed by atoms with Crippen molar-refractivity contribution in [2.75, 3.05) is 18.4 Å². The van der Waals surface area contributed by atoms with Crippen molar-refractivity contribution in [1.82, 2.24) is 10.2 Å². The number of hydrogen-bond donors (Lipinski definition) is 2. The van der Waals surface area contributed by atoms with Crippen LogP contribution < -0.4 is 10.6 Å². The molecule has 1 unspecified atom stereocenters. The monoisotopic (exact) mass is 335 g/mol. The van der Waals surface area contributed by atoms with Gasteiger partial charge >= 0.3 is 6.03 Å². The summed E-state index contributed by atoms with van der Waals surface area (Å²) in [6.07, 6.45) is 2.31. The Hall–Kier alpha value is -2.11. The Morgan fingerprint density at radius 2 is 2.00 bits per heavy atom. The van der Waals surface area contributed by atoms with Gasteiger partial charge in [0.15, 0.2) is 0 Å². The van der Waals surface area contributed by atoms with Crippen LogP contribution in [-0.4, -0.2) is 36.0 Å². The number of carbonyl (C=O) groups excluding carboxylic acids is 2. The number of anilines is 1. The Balaban J connectivity index is 1.80. The lowest BCUT2D eigenvalue weighted by molar-refractivity contribution is -0.136. The Morgan fingerprint density at radius 1 is 1.33 bits per heavy atom. The summed E-state index contributed by atoms with van der Waals surface area (Å²) in [6.45, 7) is 6.95. The van der Waals surface area contributed by atoms with E-state index in [-0.39, 0.29) is 29.7 Å². The summed E-state index contributed by atoms with van der Waals surface area (Å²) < 4.78 is 13.5. The Bertz CT molecular complexity index is 598. The molecule has 0 spiro atoms. The number of carbonyl (C=O) groups is 2. The first-order chi connectivity index (χ1) is 11.4. The molecule has 0 bridgehead atoms. The van der Waals surface area contributed by atoms with Gasteiger partial charge in [0.05, 0.1) is 0 Å². The van der Waals surface area contributed by atoms with Gasteiger partial charge in [-0.3, -0.25) is 4.79 Å².